The van der Waals surface area contributed by atoms with Gasteiger partial charge in [-0.2, -0.15) is 0 Å². The summed E-state index contributed by atoms with van der Waals surface area (Å²) in [4.78, 5) is 0. The van der Waals surface area contributed by atoms with Crippen LogP contribution in [0, 0.1) is 0 Å². The second-order valence-corrected chi connectivity index (χ2v) is 5.13. The lowest BCUT2D eigenvalue weighted by molar-refractivity contribution is -0.883. The minimum absolute atomic E-state index is 0.971. The van der Waals surface area contributed by atoms with Crippen LogP contribution in [0.15, 0.2) is 42.5 Å². The van der Waals surface area contributed by atoms with Crippen molar-refractivity contribution in [2.24, 2.45) is 0 Å². The van der Waals surface area contributed by atoms with Crippen molar-refractivity contribution in [3.8, 4) is 0 Å². The first-order valence-corrected chi connectivity index (χ1v) is 6.33. The average molecular weight is 230 g/mol. The topological polar surface area (TPSA) is 0 Å². The number of hydrogen-bond acceptors (Lipinski definition) is 0. The molecule has 0 saturated heterocycles. The zero-order valence-electron chi connectivity index (χ0n) is 11.7. The molecule has 0 atom stereocenters. The highest BCUT2D eigenvalue weighted by molar-refractivity contribution is 5.82. The van der Waals surface area contributed by atoms with Crippen LogP contribution in [0.25, 0.3) is 10.8 Å². The molecular weight excluding hydrogens is 206 g/mol. The molecule has 2 aromatic carbocycles. The maximum Gasteiger partial charge on any atom is 0.104 e. The van der Waals surface area contributed by atoms with Crippen LogP contribution in [0.5, 0.6) is 0 Å². The monoisotopic (exact) mass is 230 g/mol. The van der Waals surface area contributed by atoms with Gasteiger partial charge < -0.3 is 4.48 Å². The second-order valence-electron chi connectivity index (χ2n) is 5.13. The van der Waals surface area contributed by atoms with Crippen molar-refractivity contribution in [1.29, 1.82) is 0 Å². The first kappa shape index (κ1) is 13.7. The van der Waals surface area contributed by atoms with Gasteiger partial charge in [-0.1, -0.05) is 50.2 Å². The molecule has 0 unspecified atom stereocenters. The molecule has 0 saturated carbocycles. The maximum absolute atomic E-state index is 2.29. The summed E-state index contributed by atoms with van der Waals surface area (Å²) in [5.41, 5.74) is 1.40. The first-order valence-electron chi connectivity index (χ1n) is 6.33. The number of hydrogen-bond donors (Lipinski definition) is 0. The van der Waals surface area contributed by atoms with Crippen LogP contribution in [0.3, 0.4) is 0 Å². The van der Waals surface area contributed by atoms with E-state index in [1.54, 1.807) is 0 Å². The van der Waals surface area contributed by atoms with Gasteiger partial charge in [0.1, 0.15) is 6.54 Å². The van der Waals surface area contributed by atoms with E-state index in [1.807, 2.05) is 13.8 Å². The zero-order chi connectivity index (χ0) is 12.9. The van der Waals surface area contributed by atoms with E-state index < -0.39 is 0 Å². The molecule has 0 spiro atoms. The zero-order valence-corrected chi connectivity index (χ0v) is 11.7. The largest absolute Gasteiger partial charge is 0.327 e. The maximum atomic E-state index is 2.29. The van der Waals surface area contributed by atoms with Gasteiger partial charge in [0, 0.05) is 5.56 Å². The molecule has 17 heavy (non-hydrogen) atoms. The van der Waals surface area contributed by atoms with Gasteiger partial charge in [-0.15, -0.1) is 0 Å². The molecule has 0 bridgehead atoms. The standard InChI is InChI=1S/C14H18N.C2H6/c1-15(2,3)11-12-8-9-13-6-4-5-7-14(13)10-12;1-2/h4-10H,11H2,1-3H3;1-2H3/q+1;. The van der Waals surface area contributed by atoms with Gasteiger partial charge in [-0.05, 0) is 16.8 Å². The highest BCUT2D eigenvalue weighted by Gasteiger charge is 2.08. The third kappa shape index (κ3) is 4.20. The van der Waals surface area contributed by atoms with Crippen LogP contribution >= 0.6 is 0 Å². The summed E-state index contributed by atoms with van der Waals surface area (Å²) in [5, 5.41) is 2.66. The molecule has 2 aromatic rings. The summed E-state index contributed by atoms with van der Waals surface area (Å²) in [6.07, 6.45) is 0. The molecule has 0 N–H and O–H groups in total. The Morgan fingerprint density at radius 2 is 1.41 bits per heavy atom. The van der Waals surface area contributed by atoms with E-state index in [0.717, 1.165) is 11.0 Å². The summed E-state index contributed by atoms with van der Waals surface area (Å²) in [6.45, 7) is 5.07. The van der Waals surface area contributed by atoms with Gasteiger partial charge in [-0.3, -0.25) is 0 Å². The molecule has 0 heterocycles. The van der Waals surface area contributed by atoms with Crippen molar-refractivity contribution in [3.63, 3.8) is 0 Å². The first-order chi connectivity index (χ1) is 8.04. The van der Waals surface area contributed by atoms with E-state index >= 15 is 0 Å². The Labute approximate surface area is 105 Å². The van der Waals surface area contributed by atoms with Crippen LogP contribution in [0.2, 0.25) is 0 Å². The smallest absolute Gasteiger partial charge is 0.104 e. The van der Waals surface area contributed by atoms with Crippen molar-refractivity contribution in [2.45, 2.75) is 20.4 Å². The van der Waals surface area contributed by atoms with Crippen molar-refractivity contribution < 1.29 is 4.48 Å². The Kier molecular flexibility index (Phi) is 4.71. The van der Waals surface area contributed by atoms with Crippen molar-refractivity contribution in [2.75, 3.05) is 21.1 Å². The Hall–Kier alpha value is -1.34. The second kappa shape index (κ2) is 5.83. The Bertz CT molecular complexity index is 466. The normalized spacial score (nSPS) is 10.9. The summed E-state index contributed by atoms with van der Waals surface area (Å²) in [6, 6.07) is 15.2. The molecule has 92 valence electrons. The number of quaternary nitrogens is 1. The third-order valence-corrected chi connectivity index (χ3v) is 2.47. The fraction of sp³-hybridized carbons (Fsp3) is 0.375. The number of fused-ring (bicyclic) bond motifs is 1. The lowest BCUT2D eigenvalue weighted by atomic mass is 10.1. The number of benzene rings is 2. The molecule has 2 rings (SSSR count). The van der Waals surface area contributed by atoms with Gasteiger partial charge in [0.2, 0.25) is 0 Å². The molecule has 1 heteroatoms. The lowest BCUT2D eigenvalue weighted by Gasteiger charge is -2.24. The molecule has 0 fully saturated rings. The predicted octanol–water partition coefficient (Wildman–Crippen LogP) is 4.07. The van der Waals surface area contributed by atoms with Crippen molar-refractivity contribution in [1.82, 2.24) is 0 Å². The molecule has 0 aliphatic rings. The van der Waals surface area contributed by atoms with Crippen molar-refractivity contribution in [3.05, 3.63) is 48.0 Å². The number of rotatable bonds is 2. The third-order valence-electron chi connectivity index (χ3n) is 2.47. The summed E-state index contributed by atoms with van der Waals surface area (Å²) < 4.78 is 0.971. The van der Waals surface area contributed by atoms with Crippen LogP contribution in [-0.2, 0) is 6.54 Å². The van der Waals surface area contributed by atoms with Crippen LogP contribution in [0.4, 0.5) is 0 Å². The van der Waals surface area contributed by atoms with Gasteiger partial charge >= 0.3 is 0 Å². The minimum Gasteiger partial charge on any atom is -0.327 e. The fourth-order valence-corrected chi connectivity index (χ4v) is 1.88. The SMILES string of the molecule is CC.C[N+](C)(C)Cc1ccc2ccccc2c1. The molecule has 0 radical (unpaired) electrons. The molecular formula is C16H24N+. The molecule has 0 aliphatic carbocycles. The predicted molar refractivity (Wildman–Crippen MR) is 77.0 cm³/mol. The van der Waals surface area contributed by atoms with Gasteiger partial charge in [0.05, 0.1) is 21.1 Å². The van der Waals surface area contributed by atoms with E-state index in [-0.39, 0.29) is 0 Å². The highest BCUT2D eigenvalue weighted by atomic mass is 15.3. The van der Waals surface area contributed by atoms with Crippen molar-refractivity contribution >= 4 is 10.8 Å². The van der Waals surface area contributed by atoms with E-state index in [9.17, 15) is 0 Å². The van der Waals surface area contributed by atoms with E-state index in [4.69, 9.17) is 0 Å². The summed E-state index contributed by atoms with van der Waals surface area (Å²) in [7, 11) is 6.65. The van der Waals surface area contributed by atoms with Crippen LogP contribution in [0.1, 0.15) is 19.4 Å². The quantitative estimate of drug-likeness (QED) is 0.682. The Morgan fingerprint density at radius 3 is 2.00 bits per heavy atom. The Morgan fingerprint density at radius 1 is 0.824 bits per heavy atom. The molecule has 0 aliphatic heterocycles. The summed E-state index contributed by atoms with van der Waals surface area (Å²) >= 11 is 0. The minimum atomic E-state index is 0.971. The summed E-state index contributed by atoms with van der Waals surface area (Å²) in [5.74, 6) is 0. The average Bonchev–Trinajstić information content (AvgIpc) is 2.29. The van der Waals surface area contributed by atoms with E-state index in [2.05, 4.69) is 63.6 Å². The fourth-order valence-electron chi connectivity index (χ4n) is 1.88. The highest BCUT2D eigenvalue weighted by Crippen LogP contribution is 2.17. The van der Waals surface area contributed by atoms with Gasteiger partial charge in [-0.25, -0.2) is 0 Å². The molecule has 0 aromatic heterocycles. The number of nitrogens with zero attached hydrogens (tertiary/aromatic N) is 1. The van der Waals surface area contributed by atoms with Gasteiger partial charge in [0.25, 0.3) is 0 Å². The van der Waals surface area contributed by atoms with Crippen LogP contribution < -0.4 is 0 Å². The van der Waals surface area contributed by atoms with E-state index in [1.165, 1.54) is 16.3 Å². The molecule has 1 nitrogen and oxygen atoms in total. The lowest BCUT2D eigenvalue weighted by Crippen LogP contribution is -2.33. The van der Waals surface area contributed by atoms with Gasteiger partial charge in [0.15, 0.2) is 0 Å². The van der Waals surface area contributed by atoms with Crippen LogP contribution in [-0.4, -0.2) is 25.6 Å². The van der Waals surface area contributed by atoms with E-state index in [0.29, 0.717) is 0 Å². The molecule has 0 amide bonds. The Balaban J connectivity index is 0.000000686.